The Morgan fingerprint density at radius 3 is 2.24 bits per heavy atom. The van der Waals surface area contributed by atoms with E-state index in [9.17, 15) is 9.59 Å². The van der Waals surface area contributed by atoms with Crippen molar-refractivity contribution in [1.82, 2.24) is 14.9 Å². The van der Waals surface area contributed by atoms with Crippen LogP contribution in [0.3, 0.4) is 0 Å². The van der Waals surface area contributed by atoms with Gasteiger partial charge in [-0.1, -0.05) is 56.3 Å². The Bertz CT molecular complexity index is 1260. The SMILES string of the molecule is COC(=O)c1ccc(Cn2c(C(NC(=O)c3ccccc3)C(C)C)nc3ccccc32)cc1. The molecule has 0 saturated carbocycles. The van der Waals surface area contributed by atoms with Crippen LogP contribution in [0.1, 0.15) is 52.0 Å². The minimum Gasteiger partial charge on any atom is -0.465 e. The Kier molecular flexibility index (Phi) is 6.54. The van der Waals surface area contributed by atoms with Crippen molar-refractivity contribution in [1.29, 1.82) is 0 Å². The van der Waals surface area contributed by atoms with Crippen LogP contribution < -0.4 is 5.32 Å². The van der Waals surface area contributed by atoms with Gasteiger partial charge in [-0.25, -0.2) is 9.78 Å². The molecule has 168 valence electrons. The number of methoxy groups -OCH3 is 1. The summed E-state index contributed by atoms with van der Waals surface area (Å²) < 4.78 is 6.93. The lowest BCUT2D eigenvalue weighted by Gasteiger charge is -2.23. The van der Waals surface area contributed by atoms with Crippen molar-refractivity contribution in [3.8, 4) is 0 Å². The maximum atomic E-state index is 13.0. The average Bonchev–Trinajstić information content (AvgIpc) is 3.20. The molecule has 33 heavy (non-hydrogen) atoms. The molecule has 1 heterocycles. The van der Waals surface area contributed by atoms with Crippen LogP contribution in [-0.4, -0.2) is 28.5 Å². The molecule has 0 aliphatic heterocycles. The first-order valence-corrected chi connectivity index (χ1v) is 11.0. The van der Waals surface area contributed by atoms with Gasteiger partial charge < -0.3 is 14.6 Å². The number of imidazole rings is 1. The molecule has 1 atom stereocenters. The molecule has 0 radical (unpaired) electrons. The van der Waals surface area contributed by atoms with Gasteiger partial charge in [-0.15, -0.1) is 0 Å². The van der Waals surface area contributed by atoms with Gasteiger partial charge in [0.05, 0.1) is 29.7 Å². The number of rotatable bonds is 7. The van der Waals surface area contributed by atoms with Crippen molar-refractivity contribution in [2.45, 2.75) is 26.4 Å². The van der Waals surface area contributed by atoms with Crippen LogP contribution in [0.15, 0.2) is 78.9 Å². The van der Waals surface area contributed by atoms with Crippen LogP contribution in [0.25, 0.3) is 11.0 Å². The molecular formula is C27H27N3O3. The van der Waals surface area contributed by atoms with Gasteiger partial charge in [0.2, 0.25) is 0 Å². The Morgan fingerprint density at radius 2 is 1.58 bits per heavy atom. The molecule has 0 bridgehead atoms. The standard InChI is InChI=1S/C27H27N3O3/c1-18(2)24(29-26(31)20-9-5-4-6-10-20)25-28-22-11-7-8-12-23(22)30(25)17-19-13-15-21(16-14-19)27(32)33-3/h4-16,18,24H,17H2,1-3H3,(H,29,31). The molecule has 4 rings (SSSR count). The van der Waals surface area contributed by atoms with E-state index in [4.69, 9.17) is 9.72 Å². The van der Waals surface area contributed by atoms with Crippen molar-refractivity contribution < 1.29 is 14.3 Å². The van der Waals surface area contributed by atoms with Crippen molar-refractivity contribution in [2.75, 3.05) is 7.11 Å². The maximum absolute atomic E-state index is 13.0. The average molecular weight is 442 g/mol. The smallest absolute Gasteiger partial charge is 0.337 e. The van der Waals surface area contributed by atoms with Gasteiger partial charge in [-0.05, 0) is 47.9 Å². The van der Waals surface area contributed by atoms with Gasteiger partial charge in [0, 0.05) is 12.1 Å². The van der Waals surface area contributed by atoms with Gasteiger partial charge in [0.15, 0.2) is 0 Å². The van der Waals surface area contributed by atoms with Crippen molar-refractivity contribution in [2.24, 2.45) is 5.92 Å². The number of amides is 1. The second-order valence-corrected chi connectivity index (χ2v) is 8.29. The highest BCUT2D eigenvalue weighted by Crippen LogP contribution is 2.27. The number of fused-ring (bicyclic) bond motifs is 1. The maximum Gasteiger partial charge on any atom is 0.337 e. The van der Waals surface area contributed by atoms with E-state index in [-0.39, 0.29) is 23.8 Å². The lowest BCUT2D eigenvalue weighted by Crippen LogP contribution is -2.33. The third-order valence-corrected chi connectivity index (χ3v) is 5.67. The fraction of sp³-hybridized carbons (Fsp3) is 0.222. The second kappa shape index (κ2) is 9.69. The summed E-state index contributed by atoms with van der Waals surface area (Å²) in [6.45, 7) is 4.71. The predicted octanol–water partition coefficient (Wildman–Crippen LogP) is 5.00. The molecule has 0 spiro atoms. The van der Waals surface area contributed by atoms with E-state index >= 15 is 0 Å². The number of hydrogen-bond acceptors (Lipinski definition) is 4. The quantitative estimate of drug-likeness (QED) is 0.410. The van der Waals surface area contributed by atoms with Gasteiger partial charge in [-0.3, -0.25) is 4.79 Å². The first-order valence-electron chi connectivity index (χ1n) is 11.0. The summed E-state index contributed by atoms with van der Waals surface area (Å²) in [5.41, 5.74) is 4.00. The largest absolute Gasteiger partial charge is 0.465 e. The Balaban J connectivity index is 1.71. The summed E-state index contributed by atoms with van der Waals surface area (Å²) in [4.78, 5) is 29.6. The summed E-state index contributed by atoms with van der Waals surface area (Å²) in [5.74, 6) is 0.427. The number of nitrogens with one attached hydrogen (secondary N) is 1. The molecule has 1 amide bonds. The van der Waals surface area contributed by atoms with Gasteiger partial charge in [0.25, 0.3) is 5.91 Å². The van der Waals surface area contributed by atoms with Crippen LogP contribution in [0, 0.1) is 5.92 Å². The van der Waals surface area contributed by atoms with Crippen molar-refractivity contribution >= 4 is 22.9 Å². The molecule has 1 aromatic heterocycles. The molecular weight excluding hydrogens is 414 g/mol. The predicted molar refractivity (Wildman–Crippen MR) is 128 cm³/mol. The van der Waals surface area contributed by atoms with Gasteiger partial charge in [-0.2, -0.15) is 0 Å². The lowest BCUT2D eigenvalue weighted by molar-refractivity contribution is 0.0600. The van der Waals surface area contributed by atoms with E-state index < -0.39 is 0 Å². The van der Waals surface area contributed by atoms with E-state index in [0.717, 1.165) is 22.4 Å². The van der Waals surface area contributed by atoms with E-state index in [0.29, 0.717) is 17.7 Å². The van der Waals surface area contributed by atoms with E-state index in [1.165, 1.54) is 7.11 Å². The zero-order chi connectivity index (χ0) is 23.4. The fourth-order valence-corrected chi connectivity index (χ4v) is 3.89. The summed E-state index contributed by atoms with van der Waals surface area (Å²) in [6.07, 6.45) is 0. The van der Waals surface area contributed by atoms with E-state index in [1.807, 2.05) is 54.6 Å². The number of nitrogens with zero attached hydrogens (tertiary/aromatic N) is 2. The van der Waals surface area contributed by atoms with Crippen LogP contribution in [-0.2, 0) is 11.3 Å². The summed E-state index contributed by atoms with van der Waals surface area (Å²) >= 11 is 0. The summed E-state index contributed by atoms with van der Waals surface area (Å²) in [5, 5.41) is 3.18. The highest BCUT2D eigenvalue weighted by atomic mass is 16.5. The van der Waals surface area contributed by atoms with Crippen LogP contribution in [0.2, 0.25) is 0 Å². The third-order valence-electron chi connectivity index (χ3n) is 5.67. The molecule has 0 saturated heterocycles. The number of carbonyl (C=O) groups is 2. The molecule has 0 aliphatic rings. The minimum absolute atomic E-state index is 0.120. The Labute approximate surface area is 193 Å². The number of para-hydroxylation sites is 2. The number of ether oxygens (including phenoxy) is 1. The normalized spacial score (nSPS) is 12.0. The summed E-state index contributed by atoms with van der Waals surface area (Å²) in [6, 6.07) is 24.2. The molecule has 6 heteroatoms. The number of carbonyl (C=O) groups excluding carboxylic acids is 2. The van der Waals surface area contributed by atoms with E-state index in [2.05, 4.69) is 23.7 Å². The van der Waals surface area contributed by atoms with Crippen molar-refractivity contribution in [3.63, 3.8) is 0 Å². The van der Waals surface area contributed by atoms with Crippen LogP contribution in [0.5, 0.6) is 0 Å². The topological polar surface area (TPSA) is 73.2 Å². The zero-order valence-electron chi connectivity index (χ0n) is 19.0. The Hall–Kier alpha value is -3.93. The highest BCUT2D eigenvalue weighted by Gasteiger charge is 2.25. The molecule has 6 nitrogen and oxygen atoms in total. The zero-order valence-corrected chi connectivity index (χ0v) is 19.0. The summed E-state index contributed by atoms with van der Waals surface area (Å²) in [7, 11) is 1.37. The number of aromatic nitrogens is 2. The number of benzene rings is 3. The second-order valence-electron chi connectivity index (χ2n) is 8.29. The molecule has 0 fully saturated rings. The molecule has 0 aliphatic carbocycles. The molecule has 1 N–H and O–H groups in total. The minimum atomic E-state index is -0.362. The Morgan fingerprint density at radius 1 is 0.909 bits per heavy atom. The lowest BCUT2D eigenvalue weighted by atomic mass is 10.0. The van der Waals surface area contributed by atoms with Crippen LogP contribution in [0.4, 0.5) is 0 Å². The molecule has 4 aromatic rings. The van der Waals surface area contributed by atoms with Crippen molar-refractivity contribution in [3.05, 3.63) is 101 Å². The fourth-order valence-electron chi connectivity index (χ4n) is 3.89. The first-order chi connectivity index (χ1) is 16.0. The third kappa shape index (κ3) is 4.80. The number of esters is 1. The van der Waals surface area contributed by atoms with Gasteiger partial charge in [0.1, 0.15) is 5.82 Å². The first kappa shape index (κ1) is 22.3. The monoisotopic (exact) mass is 441 g/mol. The van der Waals surface area contributed by atoms with Gasteiger partial charge >= 0.3 is 5.97 Å². The van der Waals surface area contributed by atoms with E-state index in [1.54, 1.807) is 24.3 Å². The highest BCUT2D eigenvalue weighted by molar-refractivity contribution is 5.94. The molecule has 3 aromatic carbocycles. The number of hydrogen-bond donors (Lipinski definition) is 1. The molecule has 1 unspecified atom stereocenters. The van der Waals surface area contributed by atoms with Crippen LogP contribution >= 0.6 is 0 Å².